The van der Waals surface area contributed by atoms with Crippen LogP contribution in [-0.4, -0.2) is 11.2 Å². The summed E-state index contributed by atoms with van der Waals surface area (Å²) in [5, 5.41) is 11.0. The number of carbonyl (C=O) groups excluding carboxylic acids is 1. The average Bonchev–Trinajstić information content (AvgIpc) is 2.43. The molecule has 0 saturated carbocycles. The molecule has 0 saturated heterocycles. The molecule has 7 heteroatoms. The minimum absolute atomic E-state index is 0.0789. The van der Waals surface area contributed by atoms with E-state index in [1.165, 1.54) is 12.1 Å². The van der Waals surface area contributed by atoms with Crippen LogP contribution in [0.2, 0.25) is 5.02 Å². The summed E-state index contributed by atoms with van der Waals surface area (Å²) in [4.78, 5) is 21.1. The van der Waals surface area contributed by atoms with Gasteiger partial charge in [0.2, 0.25) is 0 Å². The number of nitro benzene ring substituents is 1. The monoisotopic (exact) mass is 355 g/mol. The first kappa shape index (κ1) is 14.5. The maximum Gasteiger partial charge on any atom is 0.270 e. The smallest absolute Gasteiger partial charge is 0.270 e. The molecule has 0 aliphatic carbocycles. The van der Waals surface area contributed by atoms with Crippen LogP contribution in [0.15, 0.2) is 40.9 Å². The van der Waals surface area contributed by atoms with Crippen molar-refractivity contribution in [2.24, 2.45) is 0 Å². The topological polar surface area (TPSA) is 69.4 Å². The Balaban J connectivity index is 2.40. The fraction of sp³-hybridized carbons (Fsp3) is 0. The van der Waals surface area contributed by atoms with Crippen molar-refractivity contribution in [3.63, 3.8) is 0 Å². The third-order valence-electron chi connectivity index (χ3n) is 2.44. The summed E-state index contributed by atoms with van der Waals surface area (Å²) in [6.07, 6.45) is 0.494. The van der Waals surface area contributed by atoms with Gasteiger partial charge in [0, 0.05) is 16.6 Å². The predicted octanol–water partition coefficient (Wildman–Crippen LogP) is 4.62. The summed E-state index contributed by atoms with van der Waals surface area (Å²) >= 11 is 9.26. The van der Waals surface area contributed by atoms with Crippen molar-refractivity contribution < 1.29 is 14.5 Å². The Morgan fingerprint density at radius 2 is 1.95 bits per heavy atom. The van der Waals surface area contributed by atoms with E-state index in [1.807, 2.05) is 0 Å². The van der Waals surface area contributed by atoms with E-state index in [9.17, 15) is 14.9 Å². The van der Waals surface area contributed by atoms with Gasteiger partial charge in [-0.1, -0.05) is 27.5 Å². The molecule has 0 atom stereocenters. The second-order valence-corrected chi connectivity index (χ2v) is 5.10. The fourth-order valence-electron chi connectivity index (χ4n) is 1.51. The number of nitrogens with zero attached hydrogens (tertiary/aromatic N) is 1. The molecule has 5 nitrogen and oxygen atoms in total. The van der Waals surface area contributed by atoms with Crippen molar-refractivity contribution in [2.75, 3.05) is 0 Å². The zero-order valence-corrected chi connectivity index (χ0v) is 12.2. The molecular formula is C13H7BrClNO4. The summed E-state index contributed by atoms with van der Waals surface area (Å²) in [6.45, 7) is 0. The Kier molecular flexibility index (Phi) is 4.36. The minimum Gasteiger partial charge on any atom is -0.455 e. The molecule has 102 valence electrons. The SMILES string of the molecule is O=Cc1cc([N+](=O)[O-])ccc1Oc1cc(Br)ccc1Cl. The molecule has 2 aromatic rings. The van der Waals surface area contributed by atoms with Crippen LogP contribution in [0.5, 0.6) is 11.5 Å². The molecule has 0 unspecified atom stereocenters. The van der Waals surface area contributed by atoms with Gasteiger partial charge in [-0.15, -0.1) is 0 Å². The number of rotatable bonds is 4. The van der Waals surface area contributed by atoms with E-state index >= 15 is 0 Å². The maximum absolute atomic E-state index is 11.0. The molecule has 2 aromatic carbocycles. The molecule has 0 aliphatic rings. The van der Waals surface area contributed by atoms with Gasteiger partial charge in [-0.05, 0) is 24.3 Å². The second-order valence-electron chi connectivity index (χ2n) is 3.77. The highest BCUT2D eigenvalue weighted by atomic mass is 79.9. The maximum atomic E-state index is 11.0. The Bertz CT molecular complexity index is 690. The summed E-state index contributed by atoms with van der Waals surface area (Å²) in [5.41, 5.74) is -0.102. The Hall–Kier alpha value is -1.92. The fourth-order valence-corrected chi connectivity index (χ4v) is 2.00. The first-order chi connectivity index (χ1) is 9.51. The van der Waals surface area contributed by atoms with Crippen LogP contribution < -0.4 is 4.74 Å². The summed E-state index contributed by atoms with van der Waals surface area (Å²) in [7, 11) is 0. The molecule has 0 spiro atoms. The number of hydrogen-bond donors (Lipinski definition) is 0. The van der Waals surface area contributed by atoms with Gasteiger partial charge in [0.05, 0.1) is 15.5 Å². The standard InChI is InChI=1S/C13H7BrClNO4/c14-9-1-3-11(15)13(6-9)20-12-4-2-10(16(18)19)5-8(12)7-17/h1-7H. The number of nitro groups is 1. The Morgan fingerprint density at radius 1 is 1.20 bits per heavy atom. The van der Waals surface area contributed by atoms with Crippen molar-refractivity contribution >= 4 is 39.5 Å². The molecule has 0 fully saturated rings. The molecule has 0 bridgehead atoms. The summed E-state index contributed by atoms with van der Waals surface area (Å²) in [5.74, 6) is 0.545. The second kappa shape index (κ2) is 6.02. The van der Waals surface area contributed by atoms with E-state index < -0.39 is 4.92 Å². The highest BCUT2D eigenvalue weighted by Gasteiger charge is 2.13. The van der Waals surface area contributed by atoms with Crippen molar-refractivity contribution in [1.82, 2.24) is 0 Å². The summed E-state index contributed by atoms with van der Waals surface area (Å²) < 4.78 is 6.29. The van der Waals surface area contributed by atoms with Crippen molar-refractivity contribution in [3.05, 3.63) is 61.6 Å². The number of non-ortho nitro benzene ring substituents is 1. The zero-order chi connectivity index (χ0) is 14.7. The Morgan fingerprint density at radius 3 is 2.60 bits per heavy atom. The molecule has 0 amide bonds. The predicted molar refractivity (Wildman–Crippen MR) is 77.7 cm³/mol. The highest BCUT2D eigenvalue weighted by Crippen LogP contribution is 2.34. The van der Waals surface area contributed by atoms with E-state index in [0.717, 1.165) is 10.5 Å². The Labute approximate surface area is 127 Å². The van der Waals surface area contributed by atoms with Crippen LogP contribution in [0.3, 0.4) is 0 Å². The quantitative estimate of drug-likeness (QED) is 0.455. The number of hydrogen-bond acceptors (Lipinski definition) is 4. The van der Waals surface area contributed by atoms with Gasteiger partial charge >= 0.3 is 0 Å². The van der Waals surface area contributed by atoms with Gasteiger partial charge in [-0.25, -0.2) is 0 Å². The lowest BCUT2D eigenvalue weighted by Crippen LogP contribution is -1.94. The lowest BCUT2D eigenvalue weighted by Gasteiger charge is -2.09. The number of ether oxygens (including phenoxy) is 1. The number of halogens is 2. The van der Waals surface area contributed by atoms with E-state index in [2.05, 4.69) is 15.9 Å². The van der Waals surface area contributed by atoms with Crippen LogP contribution in [-0.2, 0) is 0 Å². The molecule has 0 radical (unpaired) electrons. The largest absolute Gasteiger partial charge is 0.455 e. The van der Waals surface area contributed by atoms with Crippen molar-refractivity contribution in [3.8, 4) is 11.5 Å². The van der Waals surface area contributed by atoms with Gasteiger partial charge in [0.15, 0.2) is 6.29 Å². The van der Waals surface area contributed by atoms with Crippen LogP contribution in [0.1, 0.15) is 10.4 Å². The third-order valence-corrected chi connectivity index (χ3v) is 3.25. The lowest BCUT2D eigenvalue weighted by atomic mass is 10.2. The molecule has 2 rings (SSSR count). The van der Waals surface area contributed by atoms with Gasteiger partial charge in [-0.2, -0.15) is 0 Å². The van der Waals surface area contributed by atoms with Crippen LogP contribution in [0, 0.1) is 10.1 Å². The lowest BCUT2D eigenvalue weighted by molar-refractivity contribution is -0.384. The van der Waals surface area contributed by atoms with Crippen molar-refractivity contribution in [1.29, 1.82) is 0 Å². The number of benzene rings is 2. The number of carbonyl (C=O) groups is 1. The van der Waals surface area contributed by atoms with Crippen molar-refractivity contribution in [2.45, 2.75) is 0 Å². The molecule has 0 heterocycles. The van der Waals surface area contributed by atoms with E-state index in [0.29, 0.717) is 17.1 Å². The first-order valence-electron chi connectivity index (χ1n) is 5.38. The molecule has 0 aromatic heterocycles. The zero-order valence-electron chi connectivity index (χ0n) is 9.88. The minimum atomic E-state index is -0.580. The molecule has 0 N–H and O–H groups in total. The van der Waals surface area contributed by atoms with Crippen LogP contribution >= 0.6 is 27.5 Å². The third kappa shape index (κ3) is 3.15. The van der Waals surface area contributed by atoms with Gasteiger partial charge in [-0.3, -0.25) is 14.9 Å². The van der Waals surface area contributed by atoms with E-state index in [4.69, 9.17) is 16.3 Å². The molecular weight excluding hydrogens is 350 g/mol. The van der Waals surface area contributed by atoms with E-state index in [1.54, 1.807) is 18.2 Å². The molecule has 0 aliphatic heterocycles. The highest BCUT2D eigenvalue weighted by molar-refractivity contribution is 9.10. The summed E-state index contributed by atoms with van der Waals surface area (Å²) in [6, 6.07) is 8.78. The van der Waals surface area contributed by atoms with Crippen LogP contribution in [0.4, 0.5) is 5.69 Å². The normalized spacial score (nSPS) is 10.1. The average molecular weight is 357 g/mol. The molecule has 20 heavy (non-hydrogen) atoms. The van der Waals surface area contributed by atoms with Gasteiger partial charge < -0.3 is 4.74 Å². The van der Waals surface area contributed by atoms with Gasteiger partial charge in [0.1, 0.15) is 11.5 Å². The number of aldehydes is 1. The van der Waals surface area contributed by atoms with Crippen LogP contribution in [0.25, 0.3) is 0 Å². The van der Waals surface area contributed by atoms with Gasteiger partial charge in [0.25, 0.3) is 5.69 Å². The van der Waals surface area contributed by atoms with E-state index in [-0.39, 0.29) is 17.0 Å². The first-order valence-corrected chi connectivity index (χ1v) is 6.55.